The van der Waals surface area contributed by atoms with E-state index in [1.54, 1.807) is 0 Å². The number of hydrazine groups is 1. The standard InChI is InChI=1S/C15H23N3/c1-2-3-4-5-9-12-18-13-16-15(17-18)14-10-7-6-8-11-14/h6-8,10-11H,2-5,9,12-13H2,1H3,(H,16,17). The van der Waals surface area contributed by atoms with Crippen LogP contribution in [0.5, 0.6) is 0 Å². The predicted octanol–water partition coefficient (Wildman–Crippen LogP) is 3.18. The summed E-state index contributed by atoms with van der Waals surface area (Å²) in [4.78, 5) is 4.53. The molecule has 0 spiro atoms. The minimum atomic E-state index is 0.776. The Morgan fingerprint density at radius 3 is 2.67 bits per heavy atom. The van der Waals surface area contributed by atoms with E-state index >= 15 is 0 Å². The number of amidine groups is 1. The fourth-order valence-electron chi connectivity index (χ4n) is 2.16. The maximum Gasteiger partial charge on any atom is 0.144 e. The molecule has 98 valence electrons. The second kappa shape index (κ2) is 7.17. The number of benzene rings is 1. The van der Waals surface area contributed by atoms with Crippen molar-refractivity contribution in [2.45, 2.75) is 39.0 Å². The van der Waals surface area contributed by atoms with Gasteiger partial charge in [-0.15, -0.1) is 0 Å². The second-order valence-corrected chi connectivity index (χ2v) is 4.80. The summed E-state index contributed by atoms with van der Waals surface area (Å²) in [5, 5.41) is 2.20. The zero-order valence-electron chi connectivity index (χ0n) is 11.2. The smallest absolute Gasteiger partial charge is 0.144 e. The van der Waals surface area contributed by atoms with Crippen molar-refractivity contribution >= 4 is 5.84 Å². The summed E-state index contributed by atoms with van der Waals surface area (Å²) in [5.74, 6) is 1.00. The highest BCUT2D eigenvalue weighted by atomic mass is 15.6. The summed E-state index contributed by atoms with van der Waals surface area (Å²) >= 11 is 0. The van der Waals surface area contributed by atoms with Crippen LogP contribution in [0.25, 0.3) is 0 Å². The van der Waals surface area contributed by atoms with Crippen molar-refractivity contribution in [3.8, 4) is 0 Å². The first kappa shape index (κ1) is 13.1. The monoisotopic (exact) mass is 245 g/mol. The predicted molar refractivity (Wildman–Crippen MR) is 76.4 cm³/mol. The largest absolute Gasteiger partial charge is 0.301 e. The molecule has 0 amide bonds. The van der Waals surface area contributed by atoms with Gasteiger partial charge in [-0.25, -0.2) is 10.0 Å². The van der Waals surface area contributed by atoms with E-state index in [1.807, 2.05) is 18.2 Å². The first-order valence-corrected chi connectivity index (χ1v) is 7.01. The summed E-state index contributed by atoms with van der Waals surface area (Å²) in [6.07, 6.45) is 6.61. The molecule has 0 bridgehead atoms. The SMILES string of the molecule is CCCCCCCN1CN=C(c2ccccc2)N1. The second-order valence-electron chi connectivity index (χ2n) is 4.80. The third-order valence-electron chi connectivity index (χ3n) is 3.24. The average Bonchev–Trinajstić information content (AvgIpc) is 2.88. The van der Waals surface area contributed by atoms with E-state index in [0.717, 1.165) is 19.0 Å². The molecule has 2 rings (SSSR count). The molecule has 1 aliphatic heterocycles. The normalized spacial score (nSPS) is 15.5. The molecule has 0 aliphatic carbocycles. The molecule has 1 aromatic rings. The van der Waals surface area contributed by atoms with E-state index in [4.69, 9.17) is 0 Å². The molecule has 1 heterocycles. The van der Waals surface area contributed by atoms with E-state index in [-0.39, 0.29) is 0 Å². The molecule has 0 saturated carbocycles. The van der Waals surface area contributed by atoms with Crippen LogP contribution in [0, 0.1) is 0 Å². The molecule has 3 nitrogen and oxygen atoms in total. The van der Waals surface area contributed by atoms with Gasteiger partial charge in [0.15, 0.2) is 0 Å². The average molecular weight is 245 g/mol. The topological polar surface area (TPSA) is 27.6 Å². The Balaban J connectivity index is 1.68. The first-order valence-electron chi connectivity index (χ1n) is 7.01. The maximum absolute atomic E-state index is 4.53. The van der Waals surface area contributed by atoms with Crippen LogP contribution in [0.1, 0.15) is 44.6 Å². The Labute approximate surface area is 110 Å². The van der Waals surface area contributed by atoms with Crippen molar-refractivity contribution in [1.29, 1.82) is 0 Å². The quantitative estimate of drug-likeness (QED) is 0.747. The molecule has 1 aliphatic rings. The van der Waals surface area contributed by atoms with Crippen LogP contribution in [0.15, 0.2) is 35.3 Å². The van der Waals surface area contributed by atoms with Crippen molar-refractivity contribution in [1.82, 2.24) is 10.4 Å². The van der Waals surface area contributed by atoms with Crippen LogP contribution < -0.4 is 5.43 Å². The van der Waals surface area contributed by atoms with Crippen LogP contribution >= 0.6 is 0 Å². The van der Waals surface area contributed by atoms with Crippen molar-refractivity contribution < 1.29 is 0 Å². The number of nitrogens with zero attached hydrogens (tertiary/aromatic N) is 2. The summed E-state index contributed by atoms with van der Waals surface area (Å²) < 4.78 is 0. The fraction of sp³-hybridized carbons (Fsp3) is 0.533. The number of rotatable bonds is 7. The number of hydrogen-bond donors (Lipinski definition) is 1. The van der Waals surface area contributed by atoms with Gasteiger partial charge >= 0.3 is 0 Å². The van der Waals surface area contributed by atoms with Gasteiger partial charge in [-0.1, -0.05) is 62.9 Å². The van der Waals surface area contributed by atoms with E-state index in [0.29, 0.717) is 0 Å². The van der Waals surface area contributed by atoms with Crippen molar-refractivity contribution in [2.24, 2.45) is 4.99 Å². The van der Waals surface area contributed by atoms with Crippen molar-refractivity contribution in [2.75, 3.05) is 13.2 Å². The lowest BCUT2D eigenvalue weighted by Gasteiger charge is -2.15. The van der Waals surface area contributed by atoms with E-state index in [9.17, 15) is 0 Å². The molecule has 1 aromatic carbocycles. The number of hydrogen-bond acceptors (Lipinski definition) is 3. The van der Waals surface area contributed by atoms with E-state index in [2.05, 4.69) is 34.5 Å². The van der Waals surface area contributed by atoms with Gasteiger partial charge in [0.25, 0.3) is 0 Å². The van der Waals surface area contributed by atoms with Gasteiger partial charge in [0.1, 0.15) is 12.5 Å². The van der Waals surface area contributed by atoms with Crippen LogP contribution in [0.4, 0.5) is 0 Å². The molecule has 18 heavy (non-hydrogen) atoms. The lowest BCUT2D eigenvalue weighted by molar-refractivity contribution is 0.259. The summed E-state index contributed by atoms with van der Waals surface area (Å²) in [6.45, 7) is 4.11. The highest BCUT2D eigenvalue weighted by molar-refractivity contribution is 5.99. The summed E-state index contributed by atoms with van der Waals surface area (Å²) in [6, 6.07) is 10.3. The van der Waals surface area contributed by atoms with Crippen LogP contribution in [-0.4, -0.2) is 24.1 Å². The van der Waals surface area contributed by atoms with Crippen molar-refractivity contribution in [3.05, 3.63) is 35.9 Å². The highest BCUT2D eigenvalue weighted by Crippen LogP contribution is 2.08. The van der Waals surface area contributed by atoms with Gasteiger partial charge in [0.2, 0.25) is 0 Å². The summed E-state index contributed by atoms with van der Waals surface area (Å²) in [5.41, 5.74) is 4.55. The number of aliphatic imine (C=N–C) groups is 1. The molecular formula is C15H23N3. The van der Waals surface area contributed by atoms with E-state index in [1.165, 1.54) is 37.7 Å². The lowest BCUT2D eigenvalue weighted by atomic mass is 10.1. The molecule has 3 heteroatoms. The molecule has 0 aromatic heterocycles. The summed E-state index contributed by atoms with van der Waals surface area (Å²) in [7, 11) is 0. The third kappa shape index (κ3) is 3.84. The molecule has 1 N–H and O–H groups in total. The lowest BCUT2D eigenvalue weighted by Crippen LogP contribution is -2.37. The van der Waals surface area contributed by atoms with Gasteiger partial charge < -0.3 is 5.43 Å². The first-order chi connectivity index (χ1) is 8.90. The molecular weight excluding hydrogens is 222 g/mol. The van der Waals surface area contributed by atoms with Gasteiger partial charge in [-0.3, -0.25) is 0 Å². The van der Waals surface area contributed by atoms with Crippen LogP contribution in [0.3, 0.4) is 0 Å². The Morgan fingerprint density at radius 2 is 1.89 bits per heavy atom. The molecule has 0 saturated heterocycles. The highest BCUT2D eigenvalue weighted by Gasteiger charge is 2.14. The van der Waals surface area contributed by atoms with Crippen LogP contribution in [0.2, 0.25) is 0 Å². The fourth-order valence-corrected chi connectivity index (χ4v) is 2.16. The van der Waals surface area contributed by atoms with Crippen molar-refractivity contribution in [3.63, 3.8) is 0 Å². The zero-order chi connectivity index (χ0) is 12.6. The molecule has 0 unspecified atom stereocenters. The zero-order valence-corrected chi connectivity index (χ0v) is 11.2. The molecule has 0 radical (unpaired) electrons. The number of nitrogens with one attached hydrogen (secondary N) is 1. The maximum atomic E-state index is 4.53. The Bertz CT molecular complexity index is 373. The van der Waals surface area contributed by atoms with E-state index < -0.39 is 0 Å². The Morgan fingerprint density at radius 1 is 1.11 bits per heavy atom. The van der Waals surface area contributed by atoms with Gasteiger partial charge in [-0.2, -0.15) is 0 Å². The van der Waals surface area contributed by atoms with Gasteiger partial charge in [0, 0.05) is 12.1 Å². The Hall–Kier alpha value is -1.35. The third-order valence-corrected chi connectivity index (χ3v) is 3.24. The molecule has 0 atom stereocenters. The van der Waals surface area contributed by atoms with Gasteiger partial charge in [-0.05, 0) is 6.42 Å². The van der Waals surface area contributed by atoms with Gasteiger partial charge in [0.05, 0.1) is 0 Å². The minimum Gasteiger partial charge on any atom is -0.301 e. The molecule has 0 fully saturated rings. The Kier molecular flexibility index (Phi) is 5.21. The minimum absolute atomic E-state index is 0.776. The van der Waals surface area contributed by atoms with Crippen LogP contribution in [-0.2, 0) is 0 Å². The number of unbranched alkanes of at least 4 members (excludes halogenated alkanes) is 4.